The standard InChI is InChI=1S/C18H23NO4/c1-12(2)11-23-16-10-6-5-9-15(16)19-17(20)13-7-3-4-8-14(13)18(21)22/h5-6,9-10,13-14H,1,3-4,7-8,11H2,2H3,(H,19,20)(H,21,22). The first-order valence-electron chi connectivity index (χ1n) is 7.89. The van der Waals surface area contributed by atoms with Gasteiger partial charge in [-0.2, -0.15) is 0 Å². The van der Waals surface area contributed by atoms with Crippen LogP contribution in [0.3, 0.4) is 0 Å². The SMILES string of the molecule is C=C(C)COc1ccccc1NC(=O)C1CCCCC1C(=O)O. The van der Waals surface area contributed by atoms with Crippen LogP contribution < -0.4 is 10.1 Å². The van der Waals surface area contributed by atoms with E-state index in [2.05, 4.69) is 11.9 Å². The van der Waals surface area contributed by atoms with Crippen LogP contribution in [0.2, 0.25) is 0 Å². The molecule has 1 aliphatic carbocycles. The number of carboxylic acid groups (broad SMARTS) is 1. The minimum Gasteiger partial charge on any atom is -0.487 e. The number of rotatable bonds is 6. The summed E-state index contributed by atoms with van der Waals surface area (Å²) in [7, 11) is 0. The molecule has 2 rings (SSSR count). The predicted molar refractivity (Wildman–Crippen MR) is 88.5 cm³/mol. The highest BCUT2D eigenvalue weighted by Gasteiger charge is 2.35. The molecule has 1 aromatic carbocycles. The first kappa shape index (κ1) is 17.1. The van der Waals surface area contributed by atoms with Gasteiger partial charge in [-0.05, 0) is 37.5 Å². The van der Waals surface area contributed by atoms with Gasteiger partial charge in [0.2, 0.25) is 5.91 Å². The molecule has 0 radical (unpaired) electrons. The Morgan fingerprint density at radius 1 is 1.26 bits per heavy atom. The summed E-state index contributed by atoms with van der Waals surface area (Å²) in [5.74, 6) is -1.67. The van der Waals surface area contributed by atoms with Crippen molar-refractivity contribution in [1.29, 1.82) is 0 Å². The molecule has 2 atom stereocenters. The molecule has 5 heteroatoms. The van der Waals surface area contributed by atoms with Crippen LogP contribution in [0.5, 0.6) is 5.75 Å². The smallest absolute Gasteiger partial charge is 0.307 e. The molecule has 5 nitrogen and oxygen atoms in total. The molecule has 124 valence electrons. The number of ether oxygens (including phenoxy) is 1. The second-order valence-electron chi connectivity index (χ2n) is 6.07. The lowest BCUT2D eigenvalue weighted by molar-refractivity contribution is -0.147. The number of anilines is 1. The molecule has 2 unspecified atom stereocenters. The van der Waals surface area contributed by atoms with Crippen LogP contribution in [0, 0.1) is 11.8 Å². The third-order valence-corrected chi connectivity index (χ3v) is 4.04. The Balaban J connectivity index is 2.10. The molecule has 0 aromatic heterocycles. The molecule has 0 saturated heterocycles. The van der Waals surface area contributed by atoms with E-state index in [1.54, 1.807) is 18.2 Å². The van der Waals surface area contributed by atoms with Crippen molar-refractivity contribution in [2.45, 2.75) is 32.6 Å². The molecular weight excluding hydrogens is 294 g/mol. The highest BCUT2D eigenvalue weighted by atomic mass is 16.5. The van der Waals surface area contributed by atoms with Crippen molar-refractivity contribution in [3.8, 4) is 5.75 Å². The van der Waals surface area contributed by atoms with Crippen LogP contribution in [-0.2, 0) is 9.59 Å². The summed E-state index contributed by atoms with van der Waals surface area (Å²) in [6.45, 7) is 6.02. The lowest BCUT2D eigenvalue weighted by atomic mass is 9.78. The Morgan fingerprint density at radius 2 is 1.91 bits per heavy atom. The fourth-order valence-electron chi connectivity index (χ4n) is 2.86. The Morgan fingerprint density at radius 3 is 2.57 bits per heavy atom. The quantitative estimate of drug-likeness (QED) is 0.788. The molecule has 1 amide bonds. The van der Waals surface area contributed by atoms with Crippen molar-refractivity contribution in [2.75, 3.05) is 11.9 Å². The molecule has 23 heavy (non-hydrogen) atoms. The van der Waals surface area contributed by atoms with Crippen LogP contribution >= 0.6 is 0 Å². The van der Waals surface area contributed by atoms with Crippen LogP contribution in [0.15, 0.2) is 36.4 Å². The summed E-state index contributed by atoms with van der Waals surface area (Å²) in [6.07, 6.45) is 2.91. The second kappa shape index (κ2) is 7.81. The zero-order chi connectivity index (χ0) is 16.8. The van der Waals surface area contributed by atoms with Crippen molar-refractivity contribution in [2.24, 2.45) is 11.8 Å². The summed E-state index contributed by atoms with van der Waals surface area (Å²) in [5, 5.41) is 12.1. The fourth-order valence-corrected chi connectivity index (χ4v) is 2.86. The van der Waals surface area contributed by atoms with Crippen molar-refractivity contribution >= 4 is 17.6 Å². The van der Waals surface area contributed by atoms with Gasteiger partial charge in [-0.25, -0.2) is 0 Å². The second-order valence-corrected chi connectivity index (χ2v) is 6.07. The molecule has 1 aromatic rings. The molecular formula is C18H23NO4. The fraction of sp³-hybridized carbons (Fsp3) is 0.444. The number of carbonyl (C=O) groups is 2. The van der Waals surface area contributed by atoms with E-state index >= 15 is 0 Å². The maximum Gasteiger partial charge on any atom is 0.307 e. The Kier molecular flexibility index (Phi) is 5.79. The maximum absolute atomic E-state index is 12.5. The van der Waals surface area contributed by atoms with Crippen molar-refractivity contribution in [1.82, 2.24) is 0 Å². The van der Waals surface area contributed by atoms with Gasteiger partial charge in [-0.3, -0.25) is 9.59 Å². The largest absolute Gasteiger partial charge is 0.487 e. The number of carbonyl (C=O) groups excluding carboxylic acids is 1. The summed E-state index contributed by atoms with van der Waals surface area (Å²) in [6, 6.07) is 7.15. The number of amides is 1. The summed E-state index contributed by atoms with van der Waals surface area (Å²) < 4.78 is 5.63. The minimum absolute atomic E-state index is 0.247. The van der Waals surface area contributed by atoms with E-state index in [4.69, 9.17) is 4.74 Å². The third-order valence-electron chi connectivity index (χ3n) is 4.04. The van der Waals surface area contributed by atoms with E-state index in [-0.39, 0.29) is 5.91 Å². The van der Waals surface area contributed by atoms with Gasteiger partial charge in [-0.1, -0.05) is 31.6 Å². The maximum atomic E-state index is 12.5. The van der Waals surface area contributed by atoms with Gasteiger partial charge in [0.25, 0.3) is 0 Å². The molecule has 1 saturated carbocycles. The van der Waals surface area contributed by atoms with Crippen LogP contribution in [-0.4, -0.2) is 23.6 Å². The normalized spacial score (nSPS) is 20.6. The average molecular weight is 317 g/mol. The Bertz CT molecular complexity index is 596. The number of nitrogens with one attached hydrogen (secondary N) is 1. The van der Waals surface area contributed by atoms with E-state index in [0.29, 0.717) is 30.9 Å². The average Bonchev–Trinajstić information content (AvgIpc) is 2.53. The molecule has 0 bridgehead atoms. The van der Waals surface area contributed by atoms with E-state index in [0.717, 1.165) is 18.4 Å². The van der Waals surface area contributed by atoms with Gasteiger partial charge in [0.05, 0.1) is 17.5 Å². The van der Waals surface area contributed by atoms with Gasteiger partial charge in [0.1, 0.15) is 12.4 Å². The van der Waals surface area contributed by atoms with E-state index in [9.17, 15) is 14.7 Å². The number of benzene rings is 1. The van der Waals surface area contributed by atoms with Gasteiger partial charge in [0.15, 0.2) is 0 Å². The highest BCUT2D eigenvalue weighted by Crippen LogP contribution is 2.32. The Labute approximate surface area is 136 Å². The van der Waals surface area contributed by atoms with Gasteiger partial charge in [-0.15, -0.1) is 0 Å². The van der Waals surface area contributed by atoms with Crippen molar-refractivity contribution in [3.05, 3.63) is 36.4 Å². The van der Waals surface area contributed by atoms with E-state index in [1.807, 2.05) is 13.0 Å². The molecule has 0 spiro atoms. The van der Waals surface area contributed by atoms with Gasteiger partial charge in [0, 0.05) is 0 Å². The van der Waals surface area contributed by atoms with E-state index in [1.165, 1.54) is 0 Å². The first-order chi connectivity index (χ1) is 11.0. The Hall–Kier alpha value is -2.30. The number of aliphatic carboxylic acids is 1. The van der Waals surface area contributed by atoms with Gasteiger partial charge >= 0.3 is 5.97 Å². The predicted octanol–water partition coefficient (Wildman–Crippen LogP) is 3.47. The zero-order valence-corrected chi connectivity index (χ0v) is 13.4. The van der Waals surface area contributed by atoms with Gasteiger partial charge < -0.3 is 15.2 Å². The molecule has 0 aliphatic heterocycles. The summed E-state index contributed by atoms with van der Waals surface area (Å²) in [5.41, 5.74) is 1.44. The summed E-state index contributed by atoms with van der Waals surface area (Å²) >= 11 is 0. The number of carboxylic acids is 1. The monoisotopic (exact) mass is 317 g/mol. The van der Waals surface area contributed by atoms with Crippen molar-refractivity contribution < 1.29 is 19.4 Å². The number of hydrogen-bond acceptors (Lipinski definition) is 3. The molecule has 1 aliphatic rings. The lowest BCUT2D eigenvalue weighted by Crippen LogP contribution is -2.36. The molecule has 1 fully saturated rings. The molecule has 0 heterocycles. The molecule has 2 N–H and O–H groups in total. The van der Waals surface area contributed by atoms with Crippen LogP contribution in [0.1, 0.15) is 32.6 Å². The van der Waals surface area contributed by atoms with Crippen molar-refractivity contribution in [3.63, 3.8) is 0 Å². The lowest BCUT2D eigenvalue weighted by Gasteiger charge is -2.27. The minimum atomic E-state index is -0.892. The third kappa shape index (κ3) is 4.58. The van der Waals surface area contributed by atoms with Crippen LogP contribution in [0.4, 0.5) is 5.69 Å². The number of hydrogen-bond donors (Lipinski definition) is 2. The number of para-hydroxylation sites is 2. The topological polar surface area (TPSA) is 75.6 Å². The first-order valence-corrected chi connectivity index (χ1v) is 7.89. The van der Waals surface area contributed by atoms with E-state index < -0.39 is 17.8 Å². The summed E-state index contributed by atoms with van der Waals surface area (Å²) in [4.78, 5) is 23.9. The highest BCUT2D eigenvalue weighted by molar-refractivity contribution is 5.96. The zero-order valence-electron chi connectivity index (χ0n) is 13.4. The van der Waals surface area contributed by atoms with Crippen LogP contribution in [0.25, 0.3) is 0 Å².